The molecule has 0 unspecified atom stereocenters. The summed E-state index contributed by atoms with van der Waals surface area (Å²) in [5, 5.41) is 21.1. The largest absolute Gasteiger partial charge is 0.496 e. The van der Waals surface area contributed by atoms with Crippen LogP contribution in [0.15, 0.2) is 30.6 Å². The molecule has 1 heterocycles. The predicted octanol–water partition coefficient (Wildman–Crippen LogP) is 0.415. The summed E-state index contributed by atoms with van der Waals surface area (Å²) in [4.78, 5) is 1.33. The van der Waals surface area contributed by atoms with E-state index in [2.05, 4.69) is 15.4 Å². The van der Waals surface area contributed by atoms with E-state index in [4.69, 9.17) is 4.74 Å². The Labute approximate surface area is 92.5 Å². The second-order valence-electron chi connectivity index (χ2n) is 3.25. The first kappa shape index (κ1) is 10.6. The molecule has 0 amide bonds. The predicted molar refractivity (Wildman–Crippen MR) is 55.8 cm³/mol. The lowest BCUT2D eigenvalue weighted by molar-refractivity contribution is 0.141. The Bertz CT molecular complexity index is 444. The Morgan fingerprint density at radius 1 is 1.44 bits per heavy atom. The van der Waals surface area contributed by atoms with E-state index in [0.717, 1.165) is 0 Å². The van der Waals surface area contributed by atoms with E-state index < -0.39 is 6.10 Å². The molecule has 1 aromatic carbocycles. The van der Waals surface area contributed by atoms with Crippen molar-refractivity contribution in [1.29, 1.82) is 0 Å². The lowest BCUT2D eigenvalue weighted by atomic mass is 10.1. The van der Waals surface area contributed by atoms with Crippen LogP contribution in [0.1, 0.15) is 11.7 Å². The maximum Gasteiger partial charge on any atom is 0.162 e. The minimum atomic E-state index is -0.717. The van der Waals surface area contributed by atoms with Gasteiger partial charge in [0.2, 0.25) is 0 Å². The summed E-state index contributed by atoms with van der Waals surface area (Å²) >= 11 is 0. The van der Waals surface area contributed by atoms with Gasteiger partial charge in [-0.15, -0.1) is 10.2 Å². The number of aromatic nitrogens is 4. The second kappa shape index (κ2) is 4.71. The van der Waals surface area contributed by atoms with Crippen molar-refractivity contribution in [3.05, 3.63) is 36.2 Å². The Hall–Kier alpha value is -1.95. The van der Waals surface area contributed by atoms with Gasteiger partial charge in [-0.05, 0) is 11.3 Å². The number of hydrogen-bond acceptors (Lipinski definition) is 5. The maximum absolute atomic E-state index is 10.00. The molecule has 0 saturated carbocycles. The highest BCUT2D eigenvalue weighted by atomic mass is 16.5. The van der Waals surface area contributed by atoms with Crippen molar-refractivity contribution in [1.82, 2.24) is 20.2 Å². The number of aliphatic hydroxyl groups excluding tert-OH is 1. The molecule has 0 spiro atoms. The fourth-order valence-corrected chi connectivity index (χ4v) is 1.47. The van der Waals surface area contributed by atoms with Gasteiger partial charge in [0.15, 0.2) is 6.33 Å². The van der Waals surface area contributed by atoms with Gasteiger partial charge in [0.25, 0.3) is 0 Å². The molecule has 0 saturated heterocycles. The van der Waals surface area contributed by atoms with Crippen molar-refractivity contribution in [2.24, 2.45) is 0 Å². The highest BCUT2D eigenvalue weighted by Gasteiger charge is 2.13. The van der Waals surface area contributed by atoms with Crippen molar-refractivity contribution in [2.75, 3.05) is 7.11 Å². The maximum atomic E-state index is 10.00. The summed E-state index contributed by atoms with van der Waals surface area (Å²) in [5.41, 5.74) is 0.710. The monoisotopic (exact) mass is 220 g/mol. The van der Waals surface area contributed by atoms with Gasteiger partial charge in [-0.1, -0.05) is 18.2 Å². The van der Waals surface area contributed by atoms with Gasteiger partial charge in [0, 0.05) is 5.56 Å². The van der Waals surface area contributed by atoms with Crippen LogP contribution in [0.4, 0.5) is 0 Å². The number of aliphatic hydroxyl groups is 1. The molecule has 1 aromatic heterocycles. The van der Waals surface area contributed by atoms with Crippen molar-refractivity contribution < 1.29 is 9.84 Å². The van der Waals surface area contributed by atoms with Crippen LogP contribution in [-0.4, -0.2) is 32.4 Å². The van der Waals surface area contributed by atoms with E-state index in [1.807, 2.05) is 12.1 Å². The van der Waals surface area contributed by atoms with Gasteiger partial charge in [-0.3, -0.25) is 0 Å². The Morgan fingerprint density at radius 3 is 2.94 bits per heavy atom. The van der Waals surface area contributed by atoms with Crippen LogP contribution in [0.3, 0.4) is 0 Å². The van der Waals surface area contributed by atoms with Crippen LogP contribution < -0.4 is 4.74 Å². The molecule has 0 bridgehead atoms. The molecule has 2 aromatic rings. The van der Waals surface area contributed by atoms with Crippen LogP contribution in [-0.2, 0) is 6.54 Å². The van der Waals surface area contributed by atoms with E-state index >= 15 is 0 Å². The Morgan fingerprint density at radius 2 is 2.25 bits per heavy atom. The minimum absolute atomic E-state index is 0.250. The van der Waals surface area contributed by atoms with Gasteiger partial charge >= 0.3 is 0 Å². The summed E-state index contributed by atoms with van der Waals surface area (Å²) in [6.45, 7) is 0.250. The number of benzene rings is 1. The summed E-state index contributed by atoms with van der Waals surface area (Å²) in [6, 6.07) is 7.30. The third-order valence-electron chi connectivity index (χ3n) is 2.23. The van der Waals surface area contributed by atoms with E-state index in [0.29, 0.717) is 11.3 Å². The normalized spacial score (nSPS) is 12.4. The molecule has 0 radical (unpaired) electrons. The molecular weight excluding hydrogens is 208 g/mol. The Balaban J connectivity index is 2.17. The number of para-hydroxylation sites is 1. The molecule has 16 heavy (non-hydrogen) atoms. The standard InChI is InChI=1S/C10H12N4O2/c1-16-10-5-3-2-4-8(10)9(15)6-14-12-7-11-13-14/h2-5,7,9,15H,6H2,1H3/t9-/m0/s1. The quantitative estimate of drug-likeness (QED) is 0.808. The third-order valence-corrected chi connectivity index (χ3v) is 2.23. The summed E-state index contributed by atoms with van der Waals surface area (Å²) in [7, 11) is 1.57. The van der Waals surface area contributed by atoms with E-state index in [1.165, 1.54) is 11.1 Å². The topological polar surface area (TPSA) is 73.1 Å². The van der Waals surface area contributed by atoms with Crippen molar-refractivity contribution in [3.63, 3.8) is 0 Å². The van der Waals surface area contributed by atoms with Gasteiger partial charge in [-0.25, -0.2) is 0 Å². The molecule has 2 rings (SSSR count). The van der Waals surface area contributed by atoms with E-state index in [9.17, 15) is 5.11 Å². The van der Waals surface area contributed by atoms with Crippen molar-refractivity contribution in [2.45, 2.75) is 12.6 Å². The van der Waals surface area contributed by atoms with Crippen LogP contribution in [0.25, 0.3) is 0 Å². The van der Waals surface area contributed by atoms with Gasteiger partial charge in [0.1, 0.15) is 11.9 Å². The molecule has 0 aliphatic rings. The van der Waals surface area contributed by atoms with E-state index in [1.54, 1.807) is 19.2 Å². The van der Waals surface area contributed by atoms with Crippen LogP contribution in [0.2, 0.25) is 0 Å². The average Bonchev–Trinajstić information content (AvgIpc) is 2.81. The molecule has 6 nitrogen and oxygen atoms in total. The van der Waals surface area contributed by atoms with E-state index in [-0.39, 0.29) is 6.54 Å². The molecular formula is C10H12N4O2. The summed E-state index contributed by atoms with van der Waals surface area (Å²) < 4.78 is 5.16. The zero-order valence-electron chi connectivity index (χ0n) is 8.82. The fourth-order valence-electron chi connectivity index (χ4n) is 1.47. The van der Waals surface area contributed by atoms with Crippen molar-refractivity contribution >= 4 is 0 Å². The molecule has 1 atom stereocenters. The first-order valence-corrected chi connectivity index (χ1v) is 4.83. The number of tetrazole rings is 1. The minimum Gasteiger partial charge on any atom is -0.496 e. The zero-order chi connectivity index (χ0) is 11.4. The molecule has 6 heteroatoms. The fraction of sp³-hybridized carbons (Fsp3) is 0.300. The summed E-state index contributed by atoms with van der Waals surface area (Å²) in [5.74, 6) is 0.648. The smallest absolute Gasteiger partial charge is 0.162 e. The molecule has 0 aliphatic heterocycles. The first-order valence-electron chi connectivity index (χ1n) is 4.83. The van der Waals surface area contributed by atoms with Gasteiger partial charge < -0.3 is 9.84 Å². The van der Waals surface area contributed by atoms with Gasteiger partial charge in [-0.2, -0.15) is 4.80 Å². The number of hydrogen-bond donors (Lipinski definition) is 1. The molecule has 1 N–H and O–H groups in total. The lowest BCUT2D eigenvalue weighted by Crippen LogP contribution is -2.12. The van der Waals surface area contributed by atoms with Crippen LogP contribution in [0, 0.1) is 0 Å². The highest BCUT2D eigenvalue weighted by molar-refractivity contribution is 5.34. The first-order chi connectivity index (χ1) is 7.81. The van der Waals surface area contributed by atoms with Crippen LogP contribution in [0.5, 0.6) is 5.75 Å². The number of ether oxygens (including phenoxy) is 1. The van der Waals surface area contributed by atoms with Crippen molar-refractivity contribution in [3.8, 4) is 5.75 Å². The third kappa shape index (κ3) is 2.17. The van der Waals surface area contributed by atoms with Crippen LogP contribution >= 0.6 is 0 Å². The number of rotatable bonds is 4. The second-order valence-corrected chi connectivity index (χ2v) is 3.25. The highest BCUT2D eigenvalue weighted by Crippen LogP contribution is 2.25. The average molecular weight is 220 g/mol. The molecule has 0 fully saturated rings. The number of nitrogens with zero attached hydrogens (tertiary/aromatic N) is 4. The zero-order valence-corrected chi connectivity index (χ0v) is 8.82. The molecule has 84 valence electrons. The lowest BCUT2D eigenvalue weighted by Gasteiger charge is -2.13. The number of methoxy groups -OCH3 is 1. The molecule has 0 aliphatic carbocycles. The summed E-state index contributed by atoms with van der Waals surface area (Å²) in [6.07, 6.45) is 0.611. The Kier molecular flexibility index (Phi) is 3.11. The van der Waals surface area contributed by atoms with Gasteiger partial charge in [0.05, 0.1) is 13.7 Å². The SMILES string of the molecule is COc1ccccc1[C@@H](O)Cn1ncnn1.